The topological polar surface area (TPSA) is 86.7 Å². The van der Waals surface area contributed by atoms with Gasteiger partial charge in [0.1, 0.15) is 6.04 Å². The molecule has 0 aromatic rings. The van der Waals surface area contributed by atoms with E-state index in [9.17, 15) is 13.2 Å². The lowest BCUT2D eigenvalue weighted by atomic mass is 10.1. The molecule has 1 fully saturated rings. The highest BCUT2D eigenvalue weighted by molar-refractivity contribution is 7.89. The van der Waals surface area contributed by atoms with E-state index in [-0.39, 0.29) is 5.75 Å². The monoisotopic (exact) mass is 236 g/mol. The van der Waals surface area contributed by atoms with Gasteiger partial charge in [0.15, 0.2) is 0 Å². The van der Waals surface area contributed by atoms with Crippen LogP contribution in [0.4, 0.5) is 0 Å². The van der Waals surface area contributed by atoms with Crippen LogP contribution in [0.1, 0.15) is 13.8 Å². The molecule has 0 radical (unpaired) electrons. The molecule has 2 unspecified atom stereocenters. The van der Waals surface area contributed by atoms with Crippen molar-refractivity contribution in [2.75, 3.05) is 18.8 Å². The molecule has 7 heteroatoms. The van der Waals surface area contributed by atoms with E-state index in [1.54, 1.807) is 13.8 Å². The van der Waals surface area contributed by atoms with Crippen molar-refractivity contribution in [3.05, 3.63) is 0 Å². The Morgan fingerprint density at radius 2 is 2.20 bits per heavy atom. The molecule has 2 atom stereocenters. The highest BCUT2D eigenvalue weighted by Gasteiger charge is 2.37. The minimum Gasteiger partial charge on any atom is -0.480 e. The molecular weight excluding hydrogens is 220 g/mol. The molecule has 6 nitrogen and oxygen atoms in total. The van der Waals surface area contributed by atoms with Crippen molar-refractivity contribution in [2.24, 2.45) is 0 Å². The molecular formula is C8H16N2O4S. The second-order valence-corrected chi connectivity index (χ2v) is 5.73. The van der Waals surface area contributed by atoms with Gasteiger partial charge in [-0.1, -0.05) is 0 Å². The van der Waals surface area contributed by atoms with Crippen molar-refractivity contribution in [3.63, 3.8) is 0 Å². The SMILES string of the molecule is CCS(=O)(=O)N1CCNC(C(=O)O)C1C. The maximum Gasteiger partial charge on any atom is 0.322 e. The summed E-state index contributed by atoms with van der Waals surface area (Å²) in [6.45, 7) is 3.87. The quantitative estimate of drug-likeness (QED) is 0.662. The summed E-state index contributed by atoms with van der Waals surface area (Å²) in [5.41, 5.74) is 0. The van der Waals surface area contributed by atoms with E-state index in [0.717, 1.165) is 0 Å². The number of nitrogens with one attached hydrogen (secondary N) is 1. The van der Waals surface area contributed by atoms with Gasteiger partial charge in [0.25, 0.3) is 0 Å². The molecule has 1 saturated heterocycles. The number of nitrogens with zero attached hydrogens (tertiary/aromatic N) is 1. The number of piperazine rings is 1. The first-order chi connectivity index (χ1) is 6.90. The number of sulfonamides is 1. The van der Waals surface area contributed by atoms with Gasteiger partial charge in [0, 0.05) is 19.1 Å². The van der Waals surface area contributed by atoms with Crippen LogP contribution in [0.3, 0.4) is 0 Å². The Labute approximate surface area is 89.3 Å². The van der Waals surface area contributed by atoms with Gasteiger partial charge < -0.3 is 10.4 Å². The normalized spacial score (nSPS) is 28.9. The summed E-state index contributed by atoms with van der Waals surface area (Å²) in [4.78, 5) is 10.8. The summed E-state index contributed by atoms with van der Waals surface area (Å²) in [5, 5.41) is 11.7. The van der Waals surface area contributed by atoms with Gasteiger partial charge in [-0.3, -0.25) is 4.79 Å². The maximum absolute atomic E-state index is 11.6. The van der Waals surface area contributed by atoms with Crippen LogP contribution < -0.4 is 5.32 Å². The van der Waals surface area contributed by atoms with Crippen molar-refractivity contribution < 1.29 is 18.3 Å². The Morgan fingerprint density at radius 3 is 2.67 bits per heavy atom. The molecule has 0 bridgehead atoms. The minimum atomic E-state index is -3.31. The number of carboxylic acids is 1. The smallest absolute Gasteiger partial charge is 0.322 e. The molecule has 2 N–H and O–H groups in total. The van der Waals surface area contributed by atoms with E-state index < -0.39 is 28.1 Å². The largest absolute Gasteiger partial charge is 0.480 e. The highest BCUT2D eigenvalue weighted by Crippen LogP contribution is 2.14. The van der Waals surface area contributed by atoms with Gasteiger partial charge in [-0.2, -0.15) is 4.31 Å². The number of carboxylic acid groups (broad SMARTS) is 1. The van der Waals surface area contributed by atoms with E-state index in [2.05, 4.69) is 5.32 Å². The van der Waals surface area contributed by atoms with Crippen LogP contribution in [0.2, 0.25) is 0 Å². The number of rotatable bonds is 3. The Balaban J connectivity index is 2.89. The molecule has 0 aromatic carbocycles. The summed E-state index contributed by atoms with van der Waals surface area (Å²) in [6, 6.07) is -1.36. The van der Waals surface area contributed by atoms with Gasteiger partial charge in [-0.25, -0.2) is 8.42 Å². The minimum absolute atomic E-state index is 0.00365. The van der Waals surface area contributed by atoms with E-state index >= 15 is 0 Å². The molecule has 1 heterocycles. The first kappa shape index (κ1) is 12.4. The molecule has 0 aromatic heterocycles. The zero-order valence-corrected chi connectivity index (χ0v) is 9.62. The lowest BCUT2D eigenvalue weighted by molar-refractivity contribution is -0.141. The fraction of sp³-hybridized carbons (Fsp3) is 0.875. The summed E-state index contributed by atoms with van der Waals surface area (Å²) in [7, 11) is -3.31. The summed E-state index contributed by atoms with van der Waals surface area (Å²) in [6.07, 6.45) is 0. The summed E-state index contributed by atoms with van der Waals surface area (Å²) in [5.74, 6) is -1.01. The highest BCUT2D eigenvalue weighted by atomic mass is 32.2. The van der Waals surface area contributed by atoms with Gasteiger partial charge in [-0.05, 0) is 13.8 Å². The molecule has 1 aliphatic rings. The predicted octanol–water partition coefficient (Wildman–Crippen LogP) is -0.917. The third-order valence-electron chi connectivity index (χ3n) is 2.62. The molecule has 15 heavy (non-hydrogen) atoms. The van der Waals surface area contributed by atoms with Crippen LogP contribution in [0, 0.1) is 0 Å². The van der Waals surface area contributed by atoms with Crippen LogP contribution in [0.5, 0.6) is 0 Å². The van der Waals surface area contributed by atoms with Gasteiger partial charge >= 0.3 is 5.97 Å². The molecule has 1 rings (SSSR count). The van der Waals surface area contributed by atoms with Crippen LogP contribution in [0.15, 0.2) is 0 Å². The zero-order chi connectivity index (χ0) is 11.6. The second-order valence-electron chi connectivity index (χ2n) is 3.52. The zero-order valence-electron chi connectivity index (χ0n) is 8.80. The van der Waals surface area contributed by atoms with E-state index in [1.807, 2.05) is 0 Å². The average molecular weight is 236 g/mol. The Kier molecular flexibility index (Phi) is 3.69. The molecule has 88 valence electrons. The first-order valence-corrected chi connectivity index (χ1v) is 6.46. The van der Waals surface area contributed by atoms with E-state index in [1.165, 1.54) is 4.31 Å². The second kappa shape index (κ2) is 4.46. The number of carbonyl (C=O) groups is 1. The molecule has 0 saturated carbocycles. The van der Waals surface area contributed by atoms with Crippen LogP contribution in [-0.2, 0) is 14.8 Å². The van der Waals surface area contributed by atoms with E-state index in [4.69, 9.17) is 5.11 Å². The molecule has 0 aliphatic carbocycles. The lowest BCUT2D eigenvalue weighted by Gasteiger charge is -2.36. The summed E-state index contributed by atoms with van der Waals surface area (Å²) < 4.78 is 24.5. The van der Waals surface area contributed by atoms with Crippen LogP contribution in [0.25, 0.3) is 0 Å². The van der Waals surface area contributed by atoms with Crippen LogP contribution >= 0.6 is 0 Å². The Bertz CT molecular complexity index is 341. The lowest BCUT2D eigenvalue weighted by Crippen LogP contribution is -2.61. The Hall–Kier alpha value is -0.660. The van der Waals surface area contributed by atoms with Gasteiger partial charge in [0.05, 0.1) is 5.75 Å². The molecule has 1 aliphatic heterocycles. The number of hydrogen-bond acceptors (Lipinski definition) is 4. The van der Waals surface area contributed by atoms with Crippen molar-refractivity contribution in [3.8, 4) is 0 Å². The Morgan fingerprint density at radius 1 is 1.60 bits per heavy atom. The predicted molar refractivity (Wildman–Crippen MR) is 55.1 cm³/mol. The third-order valence-corrected chi connectivity index (χ3v) is 4.58. The van der Waals surface area contributed by atoms with Crippen molar-refractivity contribution in [1.29, 1.82) is 0 Å². The maximum atomic E-state index is 11.6. The van der Waals surface area contributed by atoms with Gasteiger partial charge in [0.2, 0.25) is 10.0 Å². The third kappa shape index (κ3) is 2.47. The molecule has 0 spiro atoms. The average Bonchev–Trinajstić information content (AvgIpc) is 2.17. The van der Waals surface area contributed by atoms with Crippen molar-refractivity contribution >= 4 is 16.0 Å². The van der Waals surface area contributed by atoms with E-state index in [0.29, 0.717) is 13.1 Å². The fourth-order valence-electron chi connectivity index (χ4n) is 1.72. The van der Waals surface area contributed by atoms with Crippen molar-refractivity contribution in [2.45, 2.75) is 25.9 Å². The molecule has 0 amide bonds. The van der Waals surface area contributed by atoms with Crippen molar-refractivity contribution in [1.82, 2.24) is 9.62 Å². The number of hydrogen-bond donors (Lipinski definition) is 2. The standard InChI is InChI=1S/C8H16N2O4S/c1-3-15(13,14)10-5-4-9-7(6(10)2)8(11)12/h6-7,9H,3-5H2,1-2H3,(H,11,12). The number of aliphatic carboxylic acids is 1. The van der Waals surface area contributed by atoms with Gasteiger partial charge in [-0.15, -0.1) is 0 Å². The van der Waals surface area contributed by atoms with Crippen LogP contribution in [-0.4, -0.2) is 54.7 Å². The fourth-order valence-corrected chi connectivity index (χ4v) is 3.05. The summed E-state index contributed by atoms with van der Waals surface area (Å²) >= 11 is 0. The first-order valence-electron chi connectivity index (χ1n) is 4.86.